The van der Waals surface area contributed by atoms with Gasteiger partial charge in [-0.15, -0.1) is 0 Å². The van der Waals surface area contributed by atoms with Crippen LogP contribution in [0.25, 0.3) is 0 Å². The number of carbonyl (C=O) groups is 1. The summed E-state index contributed by atoms with van der Waals surface area (Å²) in [6.45, 7) is 5.77. The highest BCUT2D eigenvalue weighted by Gasteiger charge is 2.30. The van der Waals surface area contributed by atoms with Crippen LogP contribution in [0.15, 0.2) is 53.7 Å². The van der Waals surface area contributed by atoms with E-state index in [-0.39, 0.29) is 11.6 Å². The zero-order chi connectivity index (χ0) is 20.4. The number of anilines is 1. The van der Waals surface area contributed by atoms with Crippen LogP contribution in [0.3, 0.4) is 0 Å². The fraction of sp³-hybridized carbons (Fsp3) is 0.200. The van der Waals surface area contributed by atoms with Crippen molar-refractivity contribution < 1.29 is 9.72 Å². The van der Waals surface area contributed by atoms with Crippen molar-refractivity contribution in [3.8, 4) is 0 Å². The first-order valence-electron chi connectivity index (χ1n) is 8.67. The summed E-state index contributed by atoms with van der Waals surface area (Å²) in [7, 11) is 0. The number of aryl methyl sites for hydroxylation is 2. The maximum atomic E-state index is 13.0. The van der Waals surface area contributed by atoms with Gasteiger partial charge in [0.25, 0.3) is 11.6 Å². The summed E-state index contributed by atoms with van der Waals surface area (Å²) in [6.07, 6.45) is 0. The van der Waals surface area contributed by atoms with Gasteiger partial charge in [-0.05, 0) is 73.9 Å². The van der Waals surface area contributed by atoms with E-state index in [1.807, 2.05) is 32.0 Å². The average Bonchev–Trinajstić information content (AvgIpc) is 2.64. The second-order valence-corrected chi connectivity index (χ2v) is 7.08. The van der Waals surface area contributed by atoms with Crippen LogP contribution in [0.5, 0.6) is 0 Å². The first kappa shape index (κ1) is 19.5. The van der Waals surface area contributed by atoms with Gasteiger partial charge < -0.3 is 16.0 Å². The Hall–Kier alpha value is -3.26. The van der Waals surface area contributed by atoms with Crippen molar-refractivity contribution in [2.45, 2.75) is 26.8 Å². The van der Waals surface area contributed by atoms with E-state index in [0.29, 0.717) is 27.6 Å². The van der Waals surface area contributed by atoms with Crippen molar-refractivity contribution in [2.24, 2.45) is 0 Å². The lowest BCUT2D eigenvalue weighted by Gasteiger charge is -2.30. The highest BCUT2D eigenvalue weighted by atomic mass is 32.1. The van der Waals surface area contributed by atoms with E-state index < -0.39 is 11.0 Å². The van der Waals surface area contributed by atoms with Gasteiger partial charge >= 0.3 is 0 Å². The number of carbonyl (C=O) groups excluding carboxylic acids is 1. The smallest absolute Gasteiger partial charge is 0.269 e. The molecule has 3 rings (SSSR count). The lowest BCUT2D eigenvalue weighted by molar-refractivity contribution is -0.384. The van der Waals surface area contributed by atoms with E-state index >= 15 is 0 Å². The molecule has 1 aliphatic rings. The van der Waals surface area contributed by atoms with Gasteiger partial charge in [-0.2, -0.15) is 0 Å². The minimum Gasteiger partial charge on any atom is -0.351 e. The Morgan fingerprint density at radius 2 is 1.79 bits per heavy atom. The van der Waals surface area contributed by atoms with Crippen LogP contribution < -0.4 is 16.0 Å². The van der Waals surface area contributed by atoms with E-state index in [1.165, 1.54) is 12.1 Å². The minimum atomic E-state index is -0.513. The molecule has 1 amide bonds. The number of nitrogens with one attached hydrogen (secondary N) is 3. The fourth-order valence-corrected chi connectivity index (χ4v) is 3.32. The summed E-state index contributed by atoms with van der Waals surface area (Å²) in [5.41, 5.74) is 4.72. The van der Waals surface area contributed by atoms with Gasteiger partial charge in [0.2, 0.25) is 0 Å². The Morgan fingerprint density at radius 1 is 1.11 bits per heavy atom. The monoisotopic (exact) mass is 396 g/mol. The highest BCUT2D eigenvalue weighted by molar-refractivity contribution is 7.80. The van der Waals surface area contributed by atoms with Crippen LogP contribution in [0.1, 0.15) is 29.7 Å². The Bertz CT molecular complexity index is 999. The van der Waals surface area contributed by atoms with Gasteiger partial charge in [-0.25, -0.2) is 0 Å². The molecule has 2 aromatic carbocycles. The number of nitrogens with zero attached hydrogens (tertiary/aromatic N) is 1. The van der Waals surface area contributed by atoms with Crippen LogP contribution in [0.2, 0.25) is 0 Å². The maximum Gasteiger partial charge on any atom is 0.269 e. The van der Waals surface area contributed by atoms with Gasteiger partial charge in [-0.1, -0.05) is 6.07 Å². The Labute approximate surface area is 168 Å². The van der Waals surface area contributed by atoms with Crippen molar-refractivity contribution in [3.05, 3.63) is 80.5 Å². The van der Waals surface area contributed by atoms with Crippen molar-refractivity contribution in [1.29, 1.82) is 0 Å². The van der Waals surface area contributed by atoms with Crippen molar-refractivity contribution in [3.63, 3.8) is 0 Å². The van der Waals surface area contributed by atoms with E-state index in [0.717, 1.165) is 11.1 Å². The molecule has 0 saturated carbocycles. The second kappa shape index (κ2) is 7.77. The quantitative estimate of drug-likeness (QED) is 0.415. The third-order valence-corrected chi connectivity index (χ3v) is 4.94. The molecule has 0 spiro atoms. The number of amides is 1. The number of benzene rings is 2. The van der Waals surface area contributed by atoms with Crippen LogP contribution >= 0.6 is 12.2 Å². The molecule has 1 atom stereocenters. The van der Waals surface area contributed by atoms with E-state index in [9.17, 15) is 14.9 Å². The van der Waals surface area contributed by atoms with Gasteiger partial charge in [0.05, 0.1) is 16.5 Å². The number of rotatable bonds is 4. The number of allylic oxidation sites excluding steroid dienone is 1. The topological polar surface area (TPSA) is 96.3 Å². The molecule has 7 nitrogen and oxygen atoms in total. The summed E-state index contributed by atoms with van der Waals surface area (Å²) < 4.78 is 0. The summed E-state index contributed by atoms with van der Waals surface area (Å²) in [5, 5.41) is 20.3. The standard InChI is InChI=1S/C20H20N4O3S/c1-11-4-7-15(10-12(11)2)22-19(25)17-13(3)21-20(28)23-18(17)14-5-8-16(9-6-14)24(26)27/h4-10,18H,1-3H3,(H,22,25)(H2,21,23,28)/t18-/m0/s1. The molecule has 0 fully saturated rings. The fourth-order valence-electron chi connectivity index (χ4n) is 3.05. The number of nitro groups is 1. The number of hydrogen-bond donors (Lipinski definition) is 3. The molecule has 0 aromatic heterocycles. The molecule has 1 aliphatic heterocycles. The summed E-state index contributed by atoms with van der Waals surface area (Å²) >= 11 is 5.23. The summed E-state index contributed by atoms with van der Waals surface area (Å²) in [5.74, 6) is -0.272. The lowest BCUT2D eigenvalue weighted by atomic mass is 9.94. The van der Waals surface area contributed by atoms with Crippen molar-refractivity contribution in [1.82, 2.24) is 10.6 Å². The van der Waals surface area contributed by atoms with Crippen LogP contribution in [0, 0.1) is 24.0 Å². The summed E-state index contributed by atoms with van der Waals surface area (Å²) in [4.78, 5) is 23.5. The molecule has 3 N–H and O–H groups in total. The largest absolute Gasteiger partial charge is 0.351 e. The third-order valence-electron chi connectivity index (χ3n) is 4.72. The molecule has 2 aromatic rings. The Kier molecular flexibility index (Phi) is 5.41. The van der Waals surface area contributed by atoms with Gasteiger partial charge in [0, 0.05) is 23.5 Å². The predicted octanol–water partition coefficient (Wildman–Crippen LogP) is 3.64. The molecule has 0 bridgehead atoms. The molecule has 8 heteroatoms. The zero-order valence-corrected chi connectivity index (χ0v) is 16.5. The van der Waals surface area contributed by atoms with Gasteiger partial charge in [0.1, 0.15) is 0 Å². The molecule has 0 saturated heterocycles. The molecule has 144 valence electrons. The van der Waals surface area contributed by atoms with E-state index in [1.54, 1.807) is 19.1 Å². The molecule has 0 aliphatic carbocycles. The Balaban J connectivity index is 1.93. The second-order valence-electron chi connectivity index (χ2n) is 6.67. The highest BCUT2D eigenvalue weighted by Crippen LogP contribution is 2.29. The van der Waals surface area contributed by atoms with Gasteiger partial charge in [-0.3, -0.25) is 14.9 Å². The van der Waals surface area contributed by atoms with Crippen LogP contribution in [-0.2, 0) is 4.79 Å². The molecular weight excluding hydrogens is 376 g/mol. The number of thiocarbonyl (C=S) groups is 1. The molecule has 0 radical (unpaired) electrons. The molecule has 0 unspecified atom stereocenters. The van der Waals surface area contributed by atoms with Crippen molar-refractivity contribution >= 4 is 34.6 Å². The molecule has 28 heavy (non-hydrogen) atoms. The maximum absolute atomic E-state index is 13.0. The SMILES string of the molecule is CC1=C(C(=O)Nc2ccc(C)c(C)c2)[C@H](c2ccc([N+](=O)[O-])cc2)NC(=S)N1. The van der Waals surface area contributed by atoms with Crippen LogP contribution in [-0.4, -0.2) is 15.9 Å². The first-order valence-corrected chi connectivity index (χ1v) is 9.08. The number of non-ortho nitro benzene ring substituents is 1. The van der Waals surface area contributed by atoms with Crippen molar-refractivity contribution in [2.75, 3.05) is 5.32 Å². The normalized spacial score (nSPS) is 16.2. The van der Waals surface area contributed by atoms with Crippen LogP contribution in [0.4, 0.5) is 11.4 Å². The summed E-state index contributed by atoms with van der Waals surface area (Å²) in [6, 6.07) is 11.3. The number of hydrogen-bond acceptors (Lipinski definition) is 4. The molecular formula is C20H20N4O3S. The van der Waals surface area contributed by atoms with Gasteiger partial charge in [0.15, 0.2) is 5.11 Å². The minimum absolute atomic E-state index is 0.0119. The first-order chi connectivity index (χ1) is 13.3. The zero-order valence-electron chi connectivity index (χ0n) is 15.7. The third kappa shape index (κ3) is 4.01. The predicted molar refractivity (Wildman–Crippen MR) is 112 cm³/mol. The Morgan fingerprint density at radius 3 is 2.39 bits per heavy atom. The van der Waals surface area contributed by atoms with E-state index in [4.69, 9.17) is 12.2 Å². The lowest BCUT2D eigenvalue weighted by Crippen LogP contribution is -2.45. The number of nitro benzene ring substituents is 1. The average molecular weight is 396 g/mol. The van der Waals surface area contributed by atoms with E-state index in [2.05, 4.69) is 16.0 Å². The molecule has 1 heterocycles.